The Kier molecular flexibility index (Phi) is 4.11. The molecule has 1 fully saturated rings. The molecule has 6 heteroatoms. The van der Waals surface area contributed by atoms with Gasteiger partial charge in [0.1, 0.15) is 5.82 Å². The zero-order chi connectivity index (χ0) is 15.5. The lowest BCUT2D eigenvalue weighted by molar-refractivity contribution is 0.122. The summed E-state index contributed by atoms with van der Waals surface area (Å²) in [4.78, 5) is 6.57. The lowest BCUT2D eigenvalue weighted by atomic mass is 10.1. The molecule has 116 valence electrons. The number of morpholine rings is 1. The van der Waals surface area contributed by atoms with Crippen LogP contribution in [0.4, 0.5) is 15.9 Å². The van der Waals surface area contributed by atoms with E-state index in [-0.39, 0.29) is 5.75 Å². The topological polar surface area (TPSA) is 60.6 Å². The van der Waals surface area contributed by atoms with E-state index in [1.807, 2.05) is 6.07 Å². The summed E-state index contributed by atoms with van der Waals surface area (Å²) in [6.07, 6.45) is 1.68. The Hall–Kier alpha value is -2.34. The van der Waals surface area contributed by atoms with Gasteiger partial charge in [0, 0.05) is 36.6 Å². The van der Waals surface area contributed by atoms with Gasteiger partial charge in [0.2, 0.25) is 0 Å². The van der Waals surface area contributed by atoms with Crippen LogP contribution in [0.25, 0.3) is 11.1 Å². The Labute approximate surface area is 128 Å². The third kappa shape index (κ3) is 2.82. The third-order valence-electron chi connectivity index (χ3n) is 3.72. The molecule has 0 unspecified atom stereocenters. The Morgan fingerprint density at radius 2 is 2.05 bits per heavy atom. The van der Waals surface area contributed by atoms with E-state index in [2.05, 4.69) is 9.88 Å². The SMILES string of the molecule is COc1ccc(-c2cnc(N3CCOCC3)cc2N)cc1F. The number of aromatic nitrogens is 1. The number of hydrogen-bond acceptors (Lipinski definition) is 5. The Bertz CT molecular complexity index is 672. The third-order valence-corrected chi connectivity index (χ3v) is 3.72. The minimum absolute atomic E-state index is 0.209. The number of benzene rings is 1. The summed E-state index contributed by atoms with van der Waals surface area (Å²) < 4.78 is 24.1. The van der Waals surface area contributed by atoms with Crippen molar-refractivity contribution in [1.82, 2.24) is 4.98 Å². The minimum atomic E-state index is -0.420. The zero-order valence-corrected chi connectivity index (χ0v) is 12.4. The number of hydrogen-bond donors (Lipinski definition) is 1. The van der Waals surface area contributed by atoms with E-state index in [0.29, 0.717) is 30.0 Å². The normalized spacial score (nSPS) is 14.9. The van der Waals surface area contributed by atoms with Crippen LogP contribution in [-0.4, -0.2) is 38.4 Å². The van der Waals surface area contributed by atoms with Gasteiger partial charge in [-0.25, -0.2) is 9.37 Å². The van der Waals surface area contributed by atoms with E-state index < -0.39 is 5.82 Å². The first-order chi connectivity index (χ1) is 10.7. The van der Waals surface area contributed by atoms with Crippen molar-refractivity contribution in [2.75, 3.05) is 44.0 Å². The van der Waals surface area contributed by atoms with Crippen LogP contribution in [-0.2, 0) is 4.74 Å². The molecular weight excluding hydrogens is 285 g/mol. The number of nitrogens with zero attached hydrogens (tertiary/aromatic N) is 2. The first-order valence-electron chi connectivity index (χ1n) is 7.11. The van der Waals surface area contributed by atoms with E-state index in [1.54, 1.807) is 18.3 Å². The average Bonchev–Trinajstić information content (AvgIpc) is 2.55. The lowest BCUT2D eigenvalue weighted by Crippen LogP contribution is -2.36. The number of nitrogen functional groups attached to an aromatic ring is 1. The Morgan fingerprint density at radius 3 is 2.68 bits per heavy atom. The highest BCUT2D eigenvalue weighted by molar-refractivity contribution is 5.77. The van der Waals surface area contributed by atoms with Gasteiger partial charge in [0.05, 0.1) is 20.3 Å². The van der Waals surface area contributed by atoms with E-state index in [1.165, 1.54) is 13.2 Å². The van der Waals surface area contributed by atoms with Gasteiger partial charge in [0.25, 0.3) is 0 Å². The standard InChI is InChI=1S/C16H18FN3O2/c1-21-15-3-2-11(8-13(15)17)12-10-19-16(9-14(12)18)20-4-6-22-7-5-20/h2-3,8-10H,4-7H2,1H3,(H2,18,19). The van der Waals surface area contributed by atoms with Crippen molar-refractivity contribution in [2.24, 2.45) is 0 Å². The van der Waals surface area contributed by atoms with Crippen LogP contribution in [0, 0.1) is 5.82 Å². The number of anilines is 2. The van der Waals surface area contributed by atoms with Crippen molar-refractivity contribution >= 4 is 11.5 Å². The summed E-state index contributed by atoms with van der Waals surface area (Å²) in [7, 11) is 1.44. The molecule has 1 aliphatic rings. The molecule has 5 nitrogen and oxygen atoms in total. The second-order valence-corrected chi connectivity index (χ2v) is 5.08. The molecular formula is C16H18FN3O2. The van der Waals surface area contributed by atoms with Gasteiger partial charge in [-0.15, -0.1) is 0 Å². The molecule has 0 bridgehead atoms. The quantitative estimate of drug-likeness (QED) is 0.943. The van der Waals surface area contributed by atoms with Gasteiger partial charge in [0.15, 0.2) is 11.6 Å². The molecule has 1 aromatic carbocycles. The second kappa shape index (κ2) is 6.19. The summed E-state index contributed by atoms with van der Waals surface area (Å²) in [5.41, 5.74) is 8.08. The fourth-order valence-corrected chi connectivity index (χ4v) is 2.50. The van der Waals surface area contributed by atoms with E-state index >= 15 is 0 Å². The van der Waals surface area contributed by atoms with Crippen molar-refractivity contribution in [3.8, 4) is 16.9 Å². The molecule has 1 saturated heterocycles. The van der Waals surface area contributed by atoms with Gasteiger partial charge in [-0.3, -0.25) is 0 Å². The highest BCUT2D eigenvalue weighted by Crippen LogP contribution is 2.31. The minimum Gasteiger partial charge on any atom is -0.494 e. The van der Waals surface area contributed by atoms with Gasteiger partial charge in [-0.2, -0.15) is 0 Å². The molecule has 0 amide bonds. The lowest BCUT2D eigenvalue weighted by Gasteiger charge is -2.28. The molecule has 2 aromatic rings. The van der Waals surface area contributed by atoms with Crippen molar-refractivity contribution in [1.29, 1.82) is 0 Å². The van der Waals surface area contributed by atoms with E-state index in [4.69, 9.17) is 15.2 Å². The van der Waals surface area contributed by atoms with Crippen LogP contribution >= 0.6 is 0 Å². The molecule has 2 heterocycles. The molecule has 1 aromatic heterocycles. The molecule has 0 aliphatic carbocycles. The summed E-state index contributed by atoms with van der Waals surface area (Å²) in [6, 6.07) is 6.58. The summed E-state index contributed by atoms with van der Waals surface area (Å²) in [5.74, 6) is 0.607. The van der Waals surface area contributed by atoms with Crippen LogP contribution in [0.3, 0.4) is 0 Å². The van der Waals surface area contributed by atoms with Crippen molar-refractivity contribution < 1.29 is 13.9 Å². The van der Waals surface area contributed by atoms with Gasteiger partial charge >= 0.3 is 0 Å². The average molecular weight is 303 g/mol. The van der Waals surface area contributed by atoms with E-state index in [9.17, 15) is 4.39 Å². The first kappa shape index (κ1) is 14.6. The number of ether oxygens (including phenoxy) is 2. The molecule has 0 radical (unpaired) electrons. The monoisotopic (exact) mass is 303 g/mol. The number of rotatable bonds is 3. The molecule has 2 N–H and O–H groups in total. The molecule has 22 heavy (non-hydrogen) atoms. The first-order valence-corrected chi connectivity index (χ1v) is 7.11. The van der Waals surface area contributed by atoms with Crippen LogP contribution in [0.1, 0.15) is 0 Å². The zero-order valence-electron chi connectivity index (χ0n) is 12.4. The second-order valence-electron chi connectivity index (χ2n) is 5.08. The Balaban J connectivity index is 1.90. The van der Waals surface area contributed by atoms with E-state index in [0.717, 1.165) is 18.9 Å². The van der Waals surface area contributed by atoms with Crippen molar-refractivity contribution in [2.45, 2.75) is 0 Å². The fourth-order valence-electron chi connectivity index (χ4n) is 2.50. The van der Waals surface area contributed by atoms with Crippen molar-refractivity contribution in [3.05, 3.63) is 36.3 Å². The van der Waals surface area contributed by atoms with Gasteiger partial charge in [-0.1, -0.05) is 6.07 Å². The number of halogens is 1. The summed E-state index contributed by atoms with van der Waals surface area (Å²) in [6.45, 7) is 2.96. The van der Waals surface area contributed by atoms with Crippen LogP contribution in [0.15, 0.2) is 30.5 Å². The predicted molar refractivity (Wildman–Crippen MR) is 83.6 cm³/mol. The molecule has 3 rings (SSSR count). The van der Waals surface area contributed by atoms with Gasteiger partial charge < -0.3 is 20.1 Å². The van der Waals surface area contributed by atoms with Crippen LogP contribution in [0.2, 0.25) is 0 Å². The molecule has 0 saturated carbocycles. The number of nitrogens with two attached hydrogens (primary N) is 1. The van der Waals surface area contributed by atoms with Crippen LogP contribution < -0.4 is 15.4 Å². The summed E-state index contributed by atoms with van der Waals surface area (Å²) in [5, 5.41) is 0. The van der Waals surface area contributed by atoms with Crippen molar-refractivity contribution in [3.63, 3.8) is 0 Å². The molecule has 0 spiro atoms. The molecule has 0 atom stereocenters. The van der Waals surface area contributed by atoms with Crippen LogP contribution in [0.5, 0.6) is 5.75 Å². The smallest absolute Gasteiger partial charge is 0.165 e. The Morgan fingerprint density at radius 1 is 1.27 bits per heavy atom. The number of pyridine rings is 1. The largest absolute Gasteiger partial charge is 0.494 e. The maximum atomic E-state index is 13.8. The maximum absolute atomic E-state index is 13.8. The molecule has 1 aliphatic heterocycles. The fraction of sp³-hybridized carbons (Fsp3) is 0.312. The van der Waals surface area contributed by atoms with Gasteiger partial charge in [-0.05, 0) is 17.7 Å². The maximum Gasteiger partial charge on any atom is 0.165 e. The highest BCUT2D eigenvalue weighted by atomic mass is 19.1. The highest BCUT2D eigenvalue weighted by Gasteiger charge is 2.15. The summed E-state index contributed by atoms with van der Waals surface area (Å²) >= 11 is 0. The predicted octanol–water partition coefficient (Wildman–Crippen LogP) is 2.32. The number of methoxy groups -OCH3 is 1.